The first-order valence-corrected chi connectivity index (χ1v) is 5.17. The predicted molar refractivity (Wildman–Crippen MR) is 60.6 cm³/mol. The van der Waals surface area contributed by atoms with E-state index in [4.69, 9.17) is 10.2 Å². The first kappa shape index (κ1) is 12.4. The van der Waals surface area contributed by atoms with Crippen molar-refractivity contribution in [2.24, 2.45) is 5.92 Å². The van der Waals surface area contributed by atoms with Crippen molar-refractivity contribution < 1.29 is 15.0 Å². The molecular weight excluding hydrogens is 208 g/mol. The highest BCUT2D eigenvalue weighted by molar-refractivity contribution is 5.88. The molecular formula is C11H16N2O3. The van der Waals surface area contributed by atoms with Crippen LogP contribution in [0.4, 0.5) is 5.82 Å². The lowest BCUT2D eigenvalue weighted by Gasteiger charge is -2.11. The van der Waals surface area contributed by atoms with E-state index < -0.39 is 5.97 Å². The third-order valence-electron chi connectivity index (χ3n) is 2.26. The summed E-state index contributed by atoms with van der Waals surface area (Å²) in [5.41, 5.74) is 0.215. The summed E-state index contributed by atoms with van der Waals surface area (Å²) in [4.78, 5) is 14.7. The van der Waals surface area contributed by atoms with Crippen LogP contribution in [0, 0.1) is 5.92 Å². The number of carboxylic acid groups (broad SMARTS) is 1. The van der Waals surface area contributed by atoms with E-state index in [1.165, 1.54) is 18.3 Å². The van der Waals surface area contributed by atoms with Gasteiger partial charge in [0.1, 0.15) is 5.82 Å². The molecule has 5 nitrogen and oxygen atoms in total. The number of carboxylic acids is 1. The zero-order chi connectivity index (χ0) is 12.0. The Kier molecular flexibility index (Phi) is 4.72. The highest BCUT2D eigenvalue weighted by Crippen LogP contribution is 2.08. The molecule has 16 heavy (non-hydrogen) atoms. The van der Waals surface area contributed by atoms with Crippen LogP contribution in [-0.2, 0) is 0 Å². The Bertz CT molecular complexity index is 355. The summed E-state index contributed by atoms with van der Waals surface area (Å²) in [5.74, 6) is -0.0983. The number of aromatic nitrogens is 1. The van der Waals surface area contributed by atoms with Gasteiger partial charge in [-0.2, -0.15) is 0 Å². The Balaban J connectivity index is 2.54. The van der Waals surface area contributed by atoms with Crippen LogP contribution >= 0.6 is 0 Å². The van der Waals surface area contributed by atoms with Crippen LogP contribution in [0.2, 0.25) is 0 Å². The molecule has 1 unspecified atom stereocenters. The second-order valence-electron chi connectivity index (χ2n) is 3.73. The van der Waals surface area contributed by atoms with E-state index in [0.29, 0.717) is 24.7 Å². The van der Waals surface area contributed by atoms with Gasteiger partial charge in [0.05, 0.1) is 5.56 Å². The number of anilines is 1. The smallest absolute Gasteiger partial charge is 0.335 e. The number of aliphatic hydroxyl groups is 1. The molecule has 5 heteroatoms. The van der Waals surface area contributed by atoms with Gasteiger partial charge in [-0.15, -0.1) is 0 Å². The third-order valence-corrected chi connectivity index (χ3v) is 2.26. The number of aliphatic hydroxyl groups excluding tert-OH is 1. The maximum absolute atomic E-state index is 10.7. The van der Waals surface area contributed by atoms with Crippen molar-refractivity contribution in [3.63, 3.8) is 0 Å². The van der Waals surface area contributed by atoms with Crippen LogP contribution in [-0.4, -0.2) is 34.3 Å². The summed E-state index contributed by atoms with van der Waals surface area (Å²) < 4.78 is 0. The van der Waals surface area contributed by atoms with E-state index >= 15 is 0 Å². The zero-order valence-corrected chi connectivity index (χ0v) is 9.18. The average Bonchev–Trinajstić information content (AvgIpc) is 2.27. The molecule has 0 aliphatic rings. The van der Waals surface area contributed by atoms with Crippen molar-refractivity contribution in [2.45, 2.75) is 13.3 Å². The Morgan fingerprint density at radius 2 is 2.38 bits per heavy atom. The van der Waals surface area contributed by atoms with Gasteiger partial charge in [-0.25, -0.2) is 9.78 Å². The predicted octanol–water partition coefficient (Wildman–Crippen LogP) is 1.21. The molecule has 3 N–H and O–H groups in total. The fourth-order valence-electron chi connectivity index (χ4n) is 1.26. The summed E-state index contributed by atoms with van der Waals surface area (Å²) >= 11 is 0. The number of nitrogens with zero attached hydrogens (tertiary/aromatic N) is 1. The second kappa shape index (κ2) is 6.07. The molecule has 1 aromatic heterocycles. The summed E-state index contributed by atoms with van der Waals surface area (Å²) in [7, 11) is 0. The molecule has 0 fully saturated rings. The third kappa shape index (κ3) is 3.86. The van der Waals surface area contributed by atoms with E-state index in [2.05, 4.69) is 10.3 Å². The molecule has 0 radical (unpaired) electrons. The normalized spacial score (nSPS) is 12.1. The number of carbonyl (C=O) groups is 1. The van der Waals surface area contributed by atoms with Crippen LogP contribution in [0.15, 0.2) is 18.3 Å². The van der Waals surface area contributed by atoms with E-state index in [9.17, 15) is 4.79 Å². The molecule has 0 aliphatic heterocycles. The molecule has 88 valence electrons. The summed E-state index contributed by atoms with van der Waals surface area (Å²) in [5, 5.41) is 20.6. The fraction of sp³-hybridized carbons (Fsp3) is 0.455. The summed E-state index contributed by atoms with van der Waals surface area (Å²) in [6, 6.07) is 2.94. The Labute approximate surface area is 94.1 Å². The van der Waals surface area contributed by atoms with Gasteiger partial charge in [0.15, 0.2) is 0 Å². The lowest BCUT2D eigenvalue weighted by molar-refractivity contribution is 0.0697. The second-order valence-corrected chi connectivity index (χ2v) is 3.73. The SMILES string of the molecule is CC(CCO)CNc1cc(C(=O)O)ccn1. The molecule has 0 saturated carbocycles. The maximum Gasteiger partial charge on any atom is 0.335 e. The largest absolute Gasteiger partial charge is 0.478 e. The van der Waals surface area contributed by atoms with Crippen LogP contribution in [0.5, 0.6) is 0 Å². The summed E-state index contributed by atoms with van der Waals surface area (Å²) in [6.07, 6.45) is 2.17. The van der Waals surface area contributed by atoms with Crippen molar-refractivity contribution in [3.05, 3.63) is 23.9 Å². The van der Waals surface area contributed by atoms with E-state index in [1.54, 1.807) is 0 Å². The van der Waals surface area contributed by atoms with Gasteiger partial charge in [-0.05, 0) is 24.5 Å². The van der Waals surface area contributed by atoms with Crippen molar-refractivity contribution >= 4 is 11.8 Å². The minimum Gasteiger partial charge on any atom is -0.478 e. The fourth-order valence-corrected chi connectivity index (χ4v) is 1.26. The van der Waals surface area contributed by atoms with Crippen molar-refractivity contribution in [1.82, 2.24) is 4.98 Å². The standard InChI is InChI=1S/C11H16N2O3/c1-8(3-5-14)7-13-10-6-9(11(15)16)2-4-12-10/h2,4,6,8,14H,3,5,7H2,1H3,(H,12,13)(H,15,16). The molecule has 1 rings (SSSR count). The Hall–Kier alpha value is -1.62. The first-order chi connectivity index (χ1) is 7.63. The van der Waals surface area contributed by atoms with Gasteiger partial charge in [0.2, 0.25) is 0 Å². The molecule has 0 aromatic carbocycles. The van der Waals surface area contributed by atoms with Crippen LogP contribution in [0.3, 0.4) is 0 Å². The number of hydrogen-bond donors (Lipinski definition) is 3. The highest BCUT2D eigenvalue weighted by Gasteiger charge is 2.05. The Morgan fingerprint density at radius 3 is 3.00 bits per heavy atom. The van der Waals surface area contributed by atoms with Crippen LogP contribution in [0.1, 0.15) is 23.7 Å². The number of hydrogen-bond acceptors (Lipinski definition) is 4. The highest BCUT2D eigenvalue weighted by atomic mass is 16.4. The molecule has 0 amide bonds. The van der Waals surface area contributed by atoms with Crippen molar-refractivity contribution in [2.75, 3.05) is 18.5 Å². The van der Waals surface area contributed by atoms with Gasteiger partial charge in [-0.3, -0.25) is 0 Å². The lowest BCUT2D eigenvalue weighted by atomic mass is 10.1. The molecule has 1 heterocycles. The van der Waals surface area contributed by atoms with Crippen LogP contribution < -0.4 is 5.32 Å². The molecule has 1 aromatic rings. The Morgan fingerprint density at radius 1 is 1.62 bits per heavy atom. The molecule has 0 spiro atoms. The van der Waals surface area contributed by atoms with Gasteiger partial charge >= 0.3 is 5.97 Å². The zero-order valence-electron chi connectivity index (χ0n) is 9.18. The molecule has 0 saturated heterocycles. The van der Waals surface area contributed by atoms with Crippen LogP contribution in [0.25, 0.3) is 0 Å². The summed E-state index contributed by atoms with van der Waals surface area (Å²) in [6.45, 7) is 2.83. The van der Waals surface area contributed by atoms with E-state index in [1.807, 2.05) is 6.92 Å². The van der Waals surface area contributed by atoms with Gasteiger partial charge in [0.25, 0.3) is 0 Å². The van der Waals surface area contributed by atoms with E-state index in [0.717, 1.165) is 0 Å². The first-order valence-electron chi connectivity index (χ1n) is 5.17. The van der Waals surface area contributed by atoms with Crippen molar-refractivity contribution in [3.8, 4) is 0 Å². The monoisotopic (exact) mass is 224 g/mol. The van der Waals surface area contributed by atoms with Gasteiger partial charge < -0.3 is 15.5 Å². The number of nitrogens with one attached hydrogen (secondary N) is 1. The average molecular weight is 224 g/mol. The number of aromatic carboxylic acids is 1. The topological polar surface area (TPSA) is 82.5 Å². The van der Waals surface area contributed by atoms with Crippen molar-refractivity contribution in [1.29, 1.82) is 0 Å². The number of rotatable bonds is 6. The molecule has 0 aliphatic carbocycles. The minimum atomic E-state index is -0.964. The number of pyridine rings is 1. The molecule has 1 atom stereocenters. The van der Waals surface area contributed by atoms with Gasteiger partial charge in [-0.1, -0.05) is 6.92 Å². The van der Waals surface area contributed by atoms with E-state index in [-0.39, 0.29) is 12.2 Å². The van der Waals surface area contributed by atoms with Gasteiger partial charge in [0, 0.05) is 19.3 Å². The minimum absolute atomic E-state index is 0.158. The lowest BCUT2D eigenvalue weighted by Crippen LogP contribution is -2.13. The maximum atomic E-state index is 10.7. The quantitative estimate of drug-likeness (QED) is 0.676. The molecule has 0 bridgehead atoms.